The molecule has 1 atom stereocenters. The Bertz CT molecular complexity index is 394. The van der Waals surface area contributed by atoms with Crippen molar-refractivity contribution in [3.05, 3.63) is 34.9 Å². The average molecular weight is 251 g/mol. The van der Waals surface area contributed by atoms with Crippen molar-refractivity contribution in [2.75, 3.05) is 26.2 Å². The van der Waals surface area contributed by atoms with E-state index in [1.807, 2.05) is 12.1 Å². The molecule has 0 bridgehead atoms. The molecule has 2 aliphatic rings. The van der Waals surface area contributed by atoms with Crippen LogP contribution in [-0.2, 0) is 6.54 Å². The van der Waals surface area contributed by atoms with Gasteiger partial charge in [0.1, 0.15) is 0 Å². The highest BCUT2D eigenvalue weighted by Gasteiger charge is 2.30. The predicted molar refractivity (Wildman–Crippen MR) is 71.3 cm³/mol. The molecule has 92 valence electrons. The number of rotatable bonds is 2. The first-order valence-electron chi connectivity index (χ1n) is 6.52. The highest BCUT2D eigenvalue weighted by molar-refractivity contribution is 6.30. The van der Waals surface area contributed by atoms with Gasteiger partial charge in [0.25, 0.3) is 0 Å². The molecule has 1 unspecified atom stereocenters. The molecule has 0 saturated carbocycles. The van der Waals surface area contributed by atoms with Gasteiger partial charge in [-0.25, -0.2) is 0 Å². The summed E-state index contributed by atoms with van der Waals surface area (Å²) in [5, 5.41) is 0.849. The molecular weight excluding hydrogens is 232 g/mol. The van der Waals surface area contributed by atoms with E-state index in [1.54, 1.807) is 0 Å². The van der Waals surface area contributed by atoms with Crippen molar-refractivity contribution in [3.8, 4) is 0 Å². The molecule has 0 aliphatic carbocycles. The van der Waals surface area contributed by atoms with E-state index in [2.05, 4.69) is 21.9 Å². The molecule has 3 heteroatoms. The molecule has 3 rings (SSSR count). The molecule has 1 aromatic carbocycles. The number of halogens is 1. The third-order valence-electron chi connectivity index (χ3n) is 3.97. The summed E-state index contributed by atoms with van der Waals surface area (Å²) in [5.41, 5.74) is 1.34. The van der Waals surface area contributed by atoms with E-state index in [0.29, 0.717) is 0 Å². The molecule has 2 nitrogen and oxygen atoms in total. The van der Waals surface area contributed by atoms with Crippen molar-refractivity contribution in [1.29, 1.82) is 0 Å². The second-order valence-electron chi connectivity index (χ2n) is 5.20. The Morgan fingerprint density at radius 3 is 3.06 bits per heavy atom. The first kappa shape index (κ1) is 11.5. The van der Waals surface area contributed by atoms with Crippen LogP contribution in [0, 0.1) is 0 Å². The normalized spacial score (nSPS) is 26.1. The van der Waals surface area contributed by atoms with Crippen LogP contribution in [0.15, 0.2) is 24.3 Å². The molecule has 0 amide bonds. The average Bonchev–Trinajstić information content (AvgIpc) is 2.76. The number of nitrogens with zero attached hydrogens (tertiary/aromatic N) is 2. The van der Waals surface area contributed by atoms with Crippen LogP contribution in [0.5, 0.6) is 0 Å². The van der Waals surface area contributed by atoms with Gasteiger partial charge in [0.05, 0.1) is 0 Å². The van der Waals surface area contributed by atoms with Gasteiger partial charge in [0.15, 0.2) is 0 Å². The molecule has 0 N–H and O–H groups in total. The zero-order chi connectivity index (χ0) is 11.7. The van der Waals surface area contributed by atoms with Crippen molar-refractivity contribution in [2.45, 2.75) is 25.4 Å². The number of piperazine rings is 1. The molecule has 2 aliphatic heterocycles. The van der Waals surface area contributed by atoms with Gasteiger partial charge in [-0.2, -0.15) is 0 Å². The third-order valence-corrected chi connectivity index (χ3v) is 4.20. The van der Waals surface area contributed by atoms with E-state index in [0.717, 1.165) is 17.6 Å². The van der Waals surface area contributed by atoms with Gasteiger partial charge >= 0.3 is 0 Å². The lowest BCUT2D eigenvalue weighted by Gasteiger charge is -2.37. The summed E-state index contributed by atoms with van der Waals surface area (Å²) in [7, 11) is 0. The van der Waals surface area contributed by atoms with Crippen molar-refractivity contribution >= 4 is 11.6 Å². The summed E-state index contributed by atoms with van der Waals surface area (Å²) >= 11 is 6.02. The lowest BCUT2D eigenvalue weighted by Crippen LogP contribution is -2.49. The smallest absolute Gasteiger partial charge is 0.0409 e. The highest BCUT2D eigenvalue weighted by Crippen LogP contribution is 2.22. The SMILES string of the molecule is Clc1cccc(CN2CCN3CCCC3C2)c1. The number of hydrogen-bond acceptors (Lipinski definition) is 2. The summed E-state index contributed by atoms with van der Waals surface area (Å²) < 4.78 is 0. The monoisotopic (exact) mass is 250 g/mol. The van der Waals surface area contributed by atoms with Crippen LogP contribution in [0.4, 0.5) is 0 Å². The van der Waals surface area contributed by atoms with E-state index in [-0.39, 0.29) is 0 Å². The van der Waals surface area contributed by atoms with E-state index in [4.69, 9.17) is 11.6 Å². The number of fused-ring (bicyclic) bond motifs is 1. The Hall–Kier alpha value is -0.570. The van der Waals surface area contributed by atoms with Gasteiger partial charge in [-0.15, -0.1) is 0 Å². The fourth-order valence-electron chi connectivity index (χ4n) is 3.09. The molecule has 0 spiro atoms. The van der Waals surface area contributed by atoms with Crippen molar-refractivity contribution in [3.63, 3.8) is 0 Å². The first-order chi connectivity index (χ1) is 8.31. The molecule has 17 heavy (non-hydrogen) atoms. The largest absolute Gasteiger partial charge is 0.298 e. The maximum atomic E-state index is 6.02. The molecule has 0 aromatic heterocycles. The van der Waals surface area contributed by atoms with Crippen molar-refractivity contribution < 1.29 is 0 Å². The molecule has 2 saturated heterocycles. The van der Waals surface area contributed by atoms with Crippen LogP contribution >= 0.6 is 11.6 Å². The number of hydrogen-bond donors (Lipinski definition) is 0. The van der Waals surface area contributed by atoms with Gasteiger partial charge in [-0.05, 0) is 37.1 Å². The van der Waals surface area contributed by atoms with Crippen LogP contribution < -0.4 is 0 Å². The maximum absolute atomic E-state index is 6.02. The lowest BCUT2D eigenvalue weighted by atomic mass is 10.1. The Morgan fingerprint density at radius 1 is 1.24 bits per heavy atom. The van der Waals surface area contributed by atoms with Crippen LogP contribution in [-0.4, -0.2) is 42.0 Å². The topological polar surface area (TPSA) is 6.48 Å². The maximum Gasteiger partial charge on any atom is 0.0409 e. The zero-order valence-corrected chi connectivity index (χ0v) is 10.9. The molecular formula is C14H19ClN2. The van der Waals surface area contributed by atoms with E-state index in [1.165, 1.54) is 44.6 Å². The van der Waals surface area contributed by atoms with Crippen LogP contribution in [0.2, 0.25) is 5.02 Å². The van der Waals surface area contributed by atoms with E-state index in [9.17, 15) is 0 Å². The lowest BCUT2D eigenvalue weighted by molar-refractivity contribution is 0.0994. The summed E-state index contributed by atoms with van der Waals surface area (Å²) in [4.78, 5) is 5.21. The van der Waals surface area contributed by atoms with Crippen LogP contribution in [0.25, 0.3) is 0 Å². The molecule has 2 heterocycles. The fourth-order valence-corrected chi connectivity index (χ4v) is 3.31. The standard InChI is InChI=1S/C14H19ClN2/c15-13-4-1-3-12(9-13)10-16-7-8-17-6-2-5-14(17)11-16/h1,3-4,9,14H,2,5-8,10-11H2. The van der Waals surface area contributed by atoms with Crippen LogP contribution in [0.1, 0.15) is 18.4 Å². The third kappa shape index (κ3) is 2.65. The predicted octanol–water partition coefficient (Wildman–Crippen LogP) is 2.62. The highest BCUT2D eigenvalue weighted by atomic mass is 35.5. The quantitative estimate of drug-likeness (QED) is 0.796. The Labute approximate surface area is 108 Å². The van der Waals surface area contributed by atoms with Gasteiger partial charge in [-0.1, -0.05) is 23.7 Å². The summed E-state index contributed by atoms with van der Waals surface area (Å²) in [6.45, 7) is 6.03. The Kier molecular flexibility index (Phi) is 3.37. The van der Waals surface area contributed by atoms with Gasteiger partial charge < -0.3 is 0 Å². The fraction of sp³-hybridized carbons (Fsp3) is 0.571. The Balaban J connectivity index is 1.62. The van der Waals surface area contributed by atoms with Crippen LogP contribution in [0.3, 0.4) is 0 Å². The second kappa shape index (κ2) is 4.97. The molecule has 0 radical (unpaired) electrons. The second-order valence-corrected chi connectivity index (χ2v) is 5.63. The van der Waals surface area contributed by atoms with Gasteiger partial charge in [-0.3, -0.25) is 9.80 Å². The minimum atomic E-state index is 0.808. The molecule has 1 aromatic rings. The summed E-state index contributed by atoms with van der Waals surface area (Å²) in [6, 6.07) is 9.06. The summed E-state index contributed by atoms with van der Waals surface area (Å²) in [5.74, 6) is 0. The van der Waals surface area contributed by atoms with Gasteiger partial charge in [0, 0.05) is 37.2 Å². The van der Waals surface area contributed by atoms with Crippen molar-refractivity contribution in [1.82, 2.24) is 9.80 Å². The molecule has 2 fully saturated rings. The number of benzene rings is 1. The minimum absolute atomic E-state index is 0.808. The summed E-state index contributed by atoms with van der Waals surface area (Å²) in [6.07, 6.45) is 2.77. The Morgan fingerprint density at radius 2 is 2.18 bits per heavy atom. The first-order valence-corrected chi connectivity index (χ1v) is 6.90. The van der Waals surface area contributed by atoms with Crippen molar-refractivity contribution in [2.24, 2.45) is 0 Å². The van der Waals surface area contributed by atoms with E-state index < -0.39 is 0 Å². The minimum Gasteiger partial charge on any atom is -0.298 e. The van der Waals surface area contributed by atoms with Gasteiger partial charge in [0.2, 0.25) is 0 Å². The zero-order valence-electron chi connectivity index (χ0n) is 10.1. The van der Waals surface area contributed by atoms with E-state index >= 15 is 0 Å².